The van der Waals surface area contributed by atoms with Crippen molar-refractivity contribution in [2.75, 3.05) is 19.1 Å². The minimum atomic E-state index is -4.22. The second-order valence-electron chi connectivity index (χ2n) is 7.91. The van der Waals surface area contributed by atoms with Crippen molar-refractivity contribution in [2.24, 2.45) is 5.10 Å². The van der Waals surface area contributed by atoms with Crippen LogP contribution in [0.1, 0.15) is 79.4 Å². The van der Waals surface area contributed by atoms with Gasteiger partial charge in [0.2, 0.25) is 0 Å². The molecule has 0 aliphatic rings. The third-order valence-electron chi connectivity index (χ3n) is 5.20. The molecule has 4 nitrogen and oxygen atoms in total. The molecule has 0 N–H and O–H groups in total. The fraction of sp³-hybridized carbons (Fsp3) is 0.625. The van der Waals surface area contributed by atoms with Gasteiger partial charge < -0.3 is 0 Å². The van der Waals surface area contributed by atoms with E-state index in [4.69, 9.17) is 0 Å². The van der Waals surface area contributed by atoms with Crippen molar-refractivity contribution in [1.82, 2.24) is 5.01 Å². The van der Waals surface area contributed by atoms with Crippen molar-refractivity contribution in [3.8, 4) is 0 Å². The second-order valence-corrected chi connectivity index (χ2v) is 8.89. The Balaban J connectivity index is 3.06. The van der Waals surface area contributed by atoms with Crippen LogP contribution in [0.15, 0.2) is 17.2 Å². The molecule has 180 valence electrons. The van der Waals surface area contributed by atoms with E-state index in [1.807, 2.05) is 39.2 Å². The van der Waals surface area contributed by atoms with Gasteiger partial charge in [-0.25, -0.2) is 5.01 Å². The maximum absolute atomic E-state index is 13.1. The van der Waals surface area contributed by atoms with Gasteiger partial charge in [-0.05, 0) is 75.0 Å². The predicted molar refractivity (Wildman–Crippen MR) is 127 cm³/mol. The van der Waals surface area contributed by atoms with Gasteiger partial charge in [0.1, 0.15) is 0 Å². The van der Waals surface area contributed by atoms with Crippen LogP contribution in [0.25, 0.3) is 0 Å². The van der Waals surface area contributed by atoms with E-state index in [0.29, 0.717) is 30.5 Å². The van der Waals surface area contributed by atoms with E-state index in [1.54, 1.807) is 11.8 Å². The number of alkyl halides is 3. The SMILES string of the molecule is CCc1cc(C)cc(CC)c1C(=O)C(=O)N(C)/N=C(/CCCCSC)CCCC(F)(F)F. The van der Waals surface area contributed by atoms with Crippen molar-refractivity contribution in [3.63, 3.8) is 0 Å². The number of hydrogen-bond donors (Lipinski definition) is 0. The van der Waals surface area contributed by atoms with E-state index in [-0.39, 0.29) is 12.8 Å². The largest absolute Gasteiger partial charge is 0.389 e. The number of rotatable bonds is 13. The number of amides is 1. The summed E-state index contributed by atoms with van der Waals surface area (Å²) in [6, 6.07) is 3.83. The van der Waals surface area contributed by atoms with Gasteiger partial charge in [0.05, 0.1) is 0 Å². The van der Waals surface area contributed by atoms with Crippen molar-refractivity contribution in [3.05, 3.63) is 34.4 Å². The molecule has 1 amide bonds. The van der Waals surface area contributed by atoms with E-state index in [0.717, 1.165) is 40.3 Å². The lowest BCUT2D eigenvalue weighted by atomic mass is 9.92. The molecule has 1 aromatic rings. The fourth-order valence-corrected chi connectivity index (χ4v) is 4.09. The molecule has 0 aliphatic carbocycles. The molecule has 0 atom stereocenters. The lowest BCUT2D eigenvalue weighted by Gasteiger charge is -2.17. The maximum atomic E-state index is 13.1. The zero-order valence-electron chi connectivity index (χ0n) is 19.8. The molecule has 1 aromatic carbocycles. The third kappa shape index (κ3) is 9.35. The number of carbonyl (C=O) groups excluding carboxylic acids is 2. The first kappa shape index (κ1) is 28.2. The minimum Gasteiger partial charge on any atom is -0.283 e. The van der Waals surface area contributed by atoms with Gasteiger partial charge in [-0.15, -0.1) is 0 Å². The van der Waals surface area contributed by atoms with Gasteiger partial charge in [-0.2, -0.15) is 30.0 Å². The lowest BCUT2D eigenvalue weighted by molar-refractivity contribution is -0.135. The van der Waals surface area contributed by atoms with E-state index in [1.165, 1.54) is 7.05 Å². The van der Waals surface area contributed by atoms with Crippen molar-refractivity contribution < 1.29 is 22.8 Å². The molecule has 0 aliphatic heterocycles. The van der Waals surface area contributed by atoms with Crippen molar-refractivity contribution in [2.45, 2.75) is 78.3 Å². The van der Waals surface area contributed by atoms with Gasteiger partial charge in [0.15, 0.2) is 0 Å². The van der Waals surface area contributed by atoms with Crippen LogP contribution in [0.2, 0.25) is 0 Å². The van der Waals surface area contributed by atoms with Gasteiger partial charge >= 0.3 is 12.1 Å². The number of thioether (sulfide) groups is 1. The van der Waals surface area contributed by atoms with Gasteiger partial charge in [0, 0.05) is 24.7 Å². The topological polar surface area (TPSA) is 49.7 Å². The molecule has 8 heteroatoms. The van der Waals surface area contributed by atoms with Crippen LogP contribution in [-0.2, 0) is 17.6 Å². The molecule has 0 aromatic heterocycles. The summed E-state index contributed by atoms with van der Waals surface area (Å²) in [4.78, 5) is 26.0. The van der Waals surface area contributed by atoms with E-state index < -0.39 is 24.3 Å². The molecule has 0 saturated carbocycles. The molecule has 0 fully saturated rings. The summed E-state index contributed by atoms with van der Waals surface area (Å²) in [5.74, 6) is -0.437. The minimum absolute atomic E-state index is 0.0846. The highest BCUT2D eigenvalue weighted by Gasteiger charge is 2.27. The van der Waals surface area contributed by atoms with E-state index in [2.05, 4.69) is 5.10 Å². The summed E-state index contributed by atoms with van der Waals surface area (Å²) in [5.41, 5.74) is 3.62. The number of carbonyl (C=O) groups is 2. The monoisotopic (exact) mass is 472 g/mol. The third-order valence-corrected chi connectivity index (χ3v) is 5.90. The molecule has 0 saturated heterocycles. The number of halogens is 3. The number of hydrogen-bond acceptors (Lipinski definition) is 4. The molecule has 0 heterocycles. The molecule has 1 rings (SSSR count). The number of hydrazone groups is 1. The first-order valence-electron chi connectivity index (χ1n) is 11.1. The number of unbranched alkanes of at least 4 members (excludes halogenated alkanes) is 1. The Morgan fingerprint density at radius 2 is 1.59 bits per heavy atom. The molecule has 0 bridgehead atoms. The Morgan fingerprint density at radius 3 is 2.09 bits per heavy atom. The number of aryl methyl sites for hydroxylation is 3. The second kappa shape index (κ2) is 13.7. The molecular formula is C24H35F3N2O2S. The lowest BCUT2D eigenvalue weighted by Crippen LogP contribution is -2.32. The highest BCUT2D eigenvalue weighted by molar-refractivity contribution is 7.98. The first-order chi connectivity index (χ1) is 15.0. The summed E-state index contributed by atoms with van der Waals surface area (Å²) in [6.45, 7) is 5.82. The first-order valence-corrected chi connectivity index (χ1v) is 12.5. The van der Waals surface area contributed by atoms with Crippen LogP contribution in [-0.4, -0.2) is 47.6 Å². The zero-order chi connectivity index (χ0) is 24.3. The molecule has 0 radical (unpaired) electrons. The Labute approximate surface area is 194 Å². The number of Topliss-reactive ketones (excluding diaryl/α,β-unsaturated/α-hetero) is 1. The maximum Gasteiger partial charge on any atom is 0.389 e. The number of likely N-dealkylation sites (N-methyl/N-ethyl adjacent to an activating group) is 1. The highest BCUT2D eigenvalue weighted by atomic mass is 32.2. The Kier molecular flexibility index (Phi) is 12.0. The predicted octanol–water partition coefficient (Wildman–Crippen LogP) is 6.38. The average Bonchev–Trinajstić information content (AvgIpc) is 2.73. The van der Waals surface area contributed by atoms with Crippen LogP contribution in [0, 0.1) is 6.92 Å². The van der Waals surface area contributed by atoms with Crippen molar-refractivity contribution >= 4 is 29.2 Å². The highest BCUT2D eigenvalue weighted by Crippen LogP contribution is 2.24. The molecule has 0 spiro atoms. The summed E-state index contributed by atoms with van der Waals surface area (Å²) in [5, 5.41) is 5.27. The van der Waals surface area contributed by atoms with Crippen LogP contribution in [0.5, 0.6) is 0 Å². The van der Waals surface area contributed by atoms with Gasteiger partial charge in [-0.1, -0.05) is 31.5 Å². The van der Waals surface area contributed by atoms with Crippen LogP contribution >= 0.6 is 11.8 Å². The molecular weight excluding hydrogens is 437 g/mol. The zero-order valence-corrected chi connectivity index (χ0v) is 20.6. The summed E-state index contributed by atoms with van der Waals surface area (Å²) in [6.07, 6.45) is 0.387. The van der Waals surface area contributed by atoms with Gasteiger partial charge in [-0.3, -0.25) is 9.59 Å². The normalized spacial score (nSPS) is 12.2. The summed E-state index contributed by atoms with van der Waals surface area (Å²) >= 11 is 1.70. The Bertz CT molecular complexity index is 782. The molecule has 0 unspecified atom stereocenters. The smallest absolute Gasteiger partial charge is 0.283 e. The number of nitrogens with zero attached hydrogens (tertiary/aromatic N) is 2. The summed E-state index contributed by atoms with van der Waals surface area (Å²) in [7, 11) is 1.40. The van der Waals surface area contributed by atoms with E-state index in [9.17, 15) is 22.8 Å². The van der Waals surface area contributed by atoms with Crippen LogP contribution in [0.3, 0.4) is 0 Å². The van der Waals surface area contributed by atoms with Crippen LogP contribution in [0.4, 0.5) is 13.2 Å². The number of benzene rings is 1. The standard InChI is InChI=1S/C24H35F3N2O2S/c1-6-18-15-17(3)16-19(7-2)21(18)22(30)23(31)29(4)28-20(11-8-9-14-32-5)12-10-13-24(25,26)27/h15-16H,6-14H2,1-5H3/b28-20-. The van der Waals surface area contributed by atoms with Crippen LogP contribution < -0.4 is 0 Å². The molecule has 32 heavy (non-hydrogen) atoms. The van der Waals surface area contributed by atoms with Gasteiger partial charge in [0.25, 0.3) is 5.78 Å². The van der Waals surface area contributed by atoms with E-state index >= 15 is 0 Å². The Hall–Kier alpha value is -1.83. The van der Waals surface area contributed by atoms with Crippen molar-refractivity contribution in [1.29, 1.82) is 0 Å². The fourth-order valence-electron chi connectivity index (χ4n) is 3.60. The Morgan fingerprint density at radius 1 is 1.03 bits per heavy atom. The summed E-state index contributed by atoms with van der Waals surface area (Å²) < 4.78 is 37.7. The average molecular weight is 473 g/mol. The number of ketones is 1. The quantitative estimate of drug-likeness (QED) is 0.110.